The number of aromatic nitrogens is 2. The van der Waals surface area contributed by atoms with Gasteiger partial charge in [-0.3, -0.25) is 14.3 Å². The Morgan fingerprint density at radius 2 is 1.84 bits per heavy atom. The Bertz CT molecular complexity index is 1230. The average molecular weight is 422 g/mol. The molecule has 0 spiro atoms. The molecule has 3 heterocycles. The molecule has 0 fully saturated rings. The van der Waals surface area contributed by atoms with Crippen LogP contribution in [-0.2, 0) is 18.3 Å². The van der Waals surface area contributed by atoms with E-state index in [1.807, 2.05) is 11.0 Å². The van der Waals surface area contributed by atoms with Crippen molar-refractivity contribution in [1.82, 2.24) is 9.78 Å². The minimum absolute atomic E-state index is 0.0396. The molecular formula is C23H20F2N4O2. The number of halogens is 2. The maximum absolute atomic E-state index is 14.0. The maximum atomic E-state index is 14.0. The molecule has 31 heavy (non-hydrogen) atoms. The summed E-state index contributed by atoms with van der Waals surface area (Å²) in [5.74, 6) is -1.09. The van der Waals surface area contributed by atoms with Gasteiger partial charge in [0.15, 0.2) is 0 Å². The Morgan fingerprint density at radius 3 is 2.55 bits per heavy atom. The molecule has 3 aromatic rings. The molecule has 8 heteroatoms. The number of hydrogen-bond acceptors (Lipinski definition) is 4. The number of aryl methyl sites for hydroxylation is 2. The van der Waals surface area contributed by atoms with E-state index in [-0.39, 0.29) is 5.56 Å². The Hall–Kier alpha value is -3.55. The molecule has 1 amide bonds. The van der Waals surface area contributed by atoms with Crippen LogP contribution in [0.1, 0.15) is 34.3 Å². The molecule has 2 aliphatic heterocycles. The van der Waals surface area contributed by atoms with Crippen LogP contribution in [0, 0.1) is 0 Å². The van der Waals surface area contributed by atoms with E-state index in [1.165, 1.54) is 4.90 Å². The van der Waals surface area contributed by atoms with Crippen LogP contribution >= 0.6 is 0 Å². The van der Waals surface area contributed by atoms with Crippen molar-refractivity contribution in [2.45, 2.75) is 19.3 Å². The fourth-order valence-electron chi connectivity index (χ4n) is 4.44. The molecule has 0 saturated carbocycles. The molecule has 0 unspecified atom stereocenters. The normalized spacial score (nSPS) is 15.6. The Morgan fingerprint density at radius 1 is 1.03 bits per heavy atom. The van der Waals surface area contributed by atoms with Crippen molar-refractivity contribution in [3.05, 3.63) is 59.4 Å². The van der Waals surface area contributed by atoms with E-state index in [0.717, 1.165) is 29.8 Å². The lowest BCUT2D eigenvalue weighted by molar-refractivity contribution is -0.114. The second-order valence-corrected chi connectivity index (χ2v) is 7.92. The number of ketones is 1. The number of nitrogens with zero attached hydrogens (tertiary/aromatic N) is 4. The number of amides is 1. The van der Waals surface area contributed by atoms with Crippen LogP contribution in [0.15, 0.2) is 42.7 Å². The van der Waals surface area contributed by atoms with Crippen molar-refractivity contribution >= 4 is 28.8 Å². The smallest absolute Gasteiger partial charge is 0.299 e. The van der Waals surface area contributed by atoms with E-state index < -0.39 is 18.1 Å². The summed E-state index contributed by atoms with van der Waals surface area (Å²) in [6, 6.07) is 8.60. The first-order chi connectivity index (χ1) is 14.8. The number of carbonyl (C=O) groups is 2. The summed E-state index contributed by atoms with van der Waals surface area (Å²) in [5, 5.41) is 4.12. The fraction of sp³-hybridized carbons (Fsp3) is 0.261. The first-order valence-corrected chi connectivity index (χ1v) is 10.0. The highest BCUT2D eigenvalue weighted by Crippen LogP contribution is 2.42. The van der Waals surface area contributed by atoms with Crippen LogP contribution in [0.2, 0.25) is 0 Å². The minimum atomic E-state index is -2.63. The number of Topliss-reactive ketones (excluding diaryl/α,β-unsaturated/α-hetero) is 1. The van der Waals surface area contributed by atoms with Gasteiger partial charge < -0.3 is 9.80 Å². The van der Waals surface area contributed by atoms with Gasteiger partial charge in [-0.15, -0.1) is 0 Å². The topological polar surface area (TPSA) is 58.4 Å². The van der Waals surface area contributed by atoms with E-state index in [2.05, 4.69) is 5.10 Å². The predicted molar refractivity (Wildman–Crippen MR) is 113 cm³/mol. The molecule has 2 aromatic carbocycles. The quantitative estimate of drug-likeness (QED) is 0.592. The van der Waals surface area contributed by atoms with Crippen molar-refractivity contribution < 1.29 is 18.4 Å². The number of alkyl halides is 2. The summed E-state index contributed by atoms with van der Waals surface area (Å²) in [4.78, 5) is 27.4. The van der Waals surface area contributed by atoms with Gasteiger partial charge in [0.05, 0.1) is 17.4 Å². The number of anilines is 3. The zero-order valence-electron chi connectivity index (χ0n) is 17.1. The van der Waals surface area contributed by atoms with Crippen molar-refractivity contribution in [3.8, 4) is 11.1 Å². The van der Waals surface area contributed by atoms with Crippen molar-refractivity contribution in [2.24, 2.45) is 7.05 Å². The molecule has 6 nitrogen and oxygen atoms in total. The Kier molecular flexibility index (Phi) is 4.39. The summed E-state index contributed by atoms with van der Waals surface area (Å²) in [6.07, 6.45) is 2.34. The number of benzene rings is 2. The summed E-state index contributed by atoms with van der Waals surface area (Å²) in [6.45, 7) is 0.659. The lowest BCUT2D eigenvalue weighted by atomic mass is 9.92. The van der Waals surface area contributed by atoms with Crippen LogP contribution in [-0.4, -0.2) is 35.1 Å². The number of rotatable bonds is 3. The zero-order chi connectivity index (χ0) is 21.9. The van der Waals surface area contributed by atoms with Crippen LogP contribution < -0.4 is 9.80 Å². The molecule has 0 saturated heterocycles. The summed E-state index contributed by atoms with van der Waals surface area (Å²) in [7, 11) is 3.32. The Labute approximate surface area is 177 Å². The maximum Gasteiger partial charge on any atom is 0.299 e. The van der Waals surface area contributed by atoms with Crippen LogP contribution in [0.25, 0.3) is 11.1 Å². The molecule has 0 aliphatic carbocycles. The highest BCUT2D eigenvalue weighted by molar-refractivity contribution is 6.52. The van der Waals surface area contributed by atoms with Gasteiger partial charge in [0.1, 0.15) is 0 Å². The molecule has 5 rings (SSSR count). The van der Waals surface area contributed by atoms with Crippen molar-refractivity contribution in [3.63, 3.8) is 0 Å². The van der Waals surface area contributed by atoms with Gasteiger partial charge in [-0.1, -0.05) is 0 Å². The van der Waals surface area contributed by atoms with Gasteiger partial charge in [-0.05, 0) is 54.3 Å². The van der Waals surface area contributed by atoms with Crippen LogP contribution in [0.4, 0.5) is 25.8 Å². The molecule has 0 atom stereocenters. The molecule has 0 bridgehead atoms. The van der Waals surface area contributed by atoms with E-state index in [1.54, 1.807) is 55.4 Å². The second kappa shape index (κ2) is 7.01. The van der Waals surface area contributed by atoms with Crippen molar-refractivity contribution in [1.29, 1.82) is 0 Å². The first-order valence-electron chi connectivity index (χ1n) is 10.0. The minimum Gasteiger partial charge on any atom is -0.341 e. The molecule has 1 aromatic heterocycles. The lowest BCUT2D eigenvalue weighted by Crippen LogP contribution is -2.26. The number of likely N-dealkylation sites (N-methyl/N-ethyl adjacent to an activating group) is 1. The Balaban J connectivity index is 1.62. The number of hydrogen-bond donors (Lipinski definition) is 0. The third-order valence-electron chi connectivity index (χ3n) is 6.02. The fourth-order valence-corrected chi connectivity index (χ4v) is 4.44. The number of carbonyl (C=O) groups excluding carboxylic acids is 2. The van der Waals surface area contributed by atoms with Crippen molar-refractivity contribution in [2.75, 3.05) is 23.4 Å². The molecule has 0 radical (unpaired) electrons. The monoisotopic (exact) mass is 422 g/mol. The van der Waals surface area contributed by atoms with E-state index in [0.29, 0.717) is 28.9 Å². The van der Waals surface area contributed by atoms with Crippen LogP contribution in [0.3, 0.4) is 0 Å². The van der Waals surface area contributed by atoms with E-state index in [9.17, 15) is 18.4 Å². The largest absolute Gasteiger partial charge is 0.341 e. The van der Waals surface area contributed by atoms with Gasteiger partial charge in [0, 0.05) is 49.3 Å². The number of fused-ring (bicyclic) bond motifs is 2. The van der Waals surface area contributed by atoms with Gasteiger partial charge >= 0.3 is 0 Å². The second-order valence-electron chi connectivity index (χ2n) is 7.92. The van der Waals surface area contributed by atoms with Gasteiger partial charge in [0.2, 0.25) is 0 Å². The standard InChI is InChI=1S/C23H20F2N4O2/c1-27-12-14(11-26-27)17-8-13-4-3-7-29(19(13)10-18(17)22(24)25)15-5-6-16-20(9-15)28(2)23(31)21(16)30/h5-6,8-12,22H,3-4,7H2,1-2H3. The van der Waals surface area contributed by atoms with E-state index >= 15 is 0 Å². The average Bonchev–Trinajstić information content (AvgIpc) is 3.29. The molecule has 0 N–H and O–H groups in total. The summed E-state index contributed by atoms with van der Waals surface area (Å²) in [5.41, 5.74) is 4.51. The highest BCUT2D eigenvalue weighted by atomic mass is 19.3. The third-order valence-corrected chi connectivity index (χ3v) is 6.02. The van der Waals surface area contributed by atoms with Gasteiger partial charge in [-0.2, -0.15) is 5.10 Å². The summed E-state index contributed by atoms with van der Waals surface area (Å²) >= 11 is 0. The first kappa shape index (κ1) is 19.4. The molecule has 2 aliphatic rings. The van der Waals surface area contributed by atoms with E-state index in [4.69, 9.17) is 0 Å². The predicted octanol–water partition coefficient (Wildman–Crippen LogP) is 4.27. The van der Waals surface area contributed by atoms with Gasteiger partial charge in [-0.25, -0.2) is 8.78 Å². The summed E-state index contributed by atoms with van der Waals surface area (Å²) < 4.78 is 29.6. The lowest BCUT2D eigenvalue weighted by Gasteiger charge is -2.33. The van der Waals surface area contributed by atoms with Gasteiger partial charge in [0.25, 0.3) is 18.1 Å². The SMILES string of the molecule is CN1C(=O)C(=O)c2ccc(N3CCCc4cc(-c5cnn(C)c5)c(C(F)F)cc43)cc21. The zero-order valence-corrected chi connectivity index (χ0v) is 17.1. The van der Waals surface area contributed by atoms with Crippen LogP contribution in [0.5, 0.6) is 0 Å². The highest BCUT2D eigenvalue weighted by Gasteiger charge is 2.34. The third kappa shape index (κ3) is 3.01. The molecular weight excluding hydrogens is 402 g/mol. The molecule has 158 valence electrons.